The van der Waals surface area contributed by atoms with Crippen LogP contribution in [0.25, 0.3) is 0 Å². The molecule has 4 heteroatoms. The van der Waals surface area contributed by atoms with Crippen molar-refractivity contribution in [3.63, 3.8) is 0 Å². The molecule has 1 unspecified atom stereocenters. The van der Waals surface area contributed by atoms with Crippen molar-refractivity contribution >= 4 is 17.7 Å². The average Bonchev–Trinajstić information content (AvgIpc) is 2.74. The van der Waals surface area contributed by atoms with Gasteiger partial charge < -0.3 is 9.80 Å². The van der Waals surface area contributed by atoms with Gasteiger partial charge in [-0.3, -0.25) is 4.79 Å². The fourth-order valence-corrected chi connectivity index (χ4v) is 3.92. The summed E-state index contributed by atoms with van der Waals surface area (Å²) in [7, 11) is 0. The van der Waals surface area contributed by atoms with Crippen molar-refractivity contribution in [1.29, 1.82) is 0 Å². The van der Waals surface area contributed by atoms with Gasteiger partial charge in [-0.15, -0.1) is 0 Å². The molecule has 0 bridgehead atoms. The van der Waals surface area contributed by atoms with Crippen LogP contribution in [0.5, 0.6) is 0 Å². The molecule has 2 rings (SSSR count). The largest absolute Gasteiger partial charge is 0.337 e. The molecular formula is C14H26N2OS. The molecule has 2 aliphatic heterocycles. The Bertz CT molecular complexity index is 277. The van der Waals surface area contributed by atoms with Gasteiger partial charge in [-0.2, -0.15) is 11.8 Å². The standard InChI is InChI=1S/C14H26N2OS/c1-12(2)14(17)16-8-5-9-18-11-13(16)10-15-6-3-4-7-15/h12-13H,3-11H2,1-2H3. The maximum Gasteiger partial charge on any atom is 0.225 e. The lowest BCUT2D eigenvalue weighted by atomic mass is 10.1. The SMILES string of the molecule is CC(C)C(=O)N1CCCSCC1CN1CCCC1. The summed E-state index contributed by atoms with van der Waals surface area (Å²) in [5.74, 6) is 2.81. The number of rotatable bonds is 3. The molecule has 2 saturated heterocycles. The summed E-state index contributed by atoms with van der Waals surface area (Å²) in [5.41, 5.74) is 0. The molecule has 0 N–H and O–H groups in total. The fourth-order valence-electron chi connectivity index (χ4n) is 2.87. The van der Waals surface area contributed by atoms with E-state index in [1.807, 2.05) is 25.6 Å². The van der Waals surface area contributed by atoms with E-state index >= 15 is 0 Å². The molecule has 0 aromatic carbocycles. The number of nitrogens with zero attached hydrogens (tertiary/aromatic N) is 2. The van der Waals surface area contributed by atoms with E-state index in [0.29, 0.717) is 11.9 Å². The second kappa shape index (κ2) is 6.80. The number of carbonyl (C=O) groups is 1. The molecule has 1 amide bonds. The molecule has 0 spiro atoms. The van der Waals surface area contributed by atoms with Crippen LogP contribution in [0.1, 0.15) is 33.1 Å². The number of hydrogen-bond donors (Lipinski definition) is 0. The Morgan fingerprint density at radius 3 is 2.61 bits per heavy atom. The molecule has 0 aromatic rings. The molecule has 2 aliphatic rings. The van der Waals surface area contributed by atoms with Gasteiger partial charge in [0.05, 0.1) is 6.04 Å². The highest BCUT2D eigenvalue weighted by Crippen LogP contribution is 2.20. The highest BCUT2D eigenvalue weighted by molar-refractivity contribution is 7.99. The predicted molar refractivity (Wildman–Crippen MR) is 78.0 cm³/mol. The van der Waals surface area contributed by atoms with E-state index in [1.54, 1.807) is 0 Å². The number of hydrogen-bond acceptors (Lipinski definition) is 3. The lowest BCUT2D eigenvalue weighted by molar-refractivity contribution is -0.136. The predicted octanol–water partition coefficient (Wildman–Crippen LogP) is 2.07. The van der Waals surface area contributed by atoms with Crippen LogP contribution in [0.15, 0.2) is 0 Å². The Balaban J connectivity index is 1.98. The van der Waals surface area contributed by atoms with Crippen LogP contribution in [-0.2, 0) is 4.79 Å². The zero-order chi connectivity index (χ0) is 13.0. The first kappa shape index (κ1) is 14.2. The van der Waals surface area contributed by atoms with Gasteiger partial charge in [0, 0.05) is 24.8 Å². The number of carbonyl (C=O) groups excluding carboxylic acids is 1. The first-order chi connectivity index (χ1) is 8.68. The minimum Gasteiger partial charge on any atom is -0.337 e. The number of thioether (sulfide) groups is 1. The Morgan fingerprint density at radius 2 is 1.94 bits per heavy atom. The lowest BCUT2D eigenvalue weighted by Crippen LogP contribution is -2.48. The topological polar surface area (TPSA) is 23.6 Å². The summed E-state index contributed by atoms with van der Waals surface area (Å²) in [6, 6.07) is 0.436. The first-order valence-electron chi connectivity index (χ1n) is 7.29. The van der Waals surface area contributed by atoms with Crippen LogP contribution in [0, 0.1) is 5.92 Å². The molecule has 2 fully saturated rings. The van der Waals surface area contributed by atoms with Crippen molar-refractivity contribution in [2.24, 2.45) is 5.92 Å². The molecule has 0 saturated carbocycles. The van der Waals surface area contributed by atoms with Gasteiger partial charge in [0.2, 0.25) is 5.91 Å². The minimum absolute atomic E-state index is 0.133. The maximum atomic E-state index is 12.3. The van der Waals surface area contributed by atoms with Crippen molar-refractivity contribution in [2.45, 2.75) is 39.2 Å². The van der Waals surface area contributed by atoms with Gasteiger partial charge in [0.25, 0.3) is 0 Å². The minimum atomic E-state index is 0.133. The molecular weight excluding hydrogens is 244 g/mol. The third-order valence-electron chi connectivity index (χ3n) is 3.88. The third-order valence-corrected chi connectivity index (χ3v) is 5.08. The molecule has 18 heavy (non-hydrogen) atoms. The quantitative estimate of drug-likeness (QED) is 0.784. The second-order valence-corrected chi connectivity index (χ2v) is 6.93. The van der Waals surface area contributed by atoms with E-state index in [-0.39, 0.29) is 5.92 Å². The summed E-state index contributed by atoms with van der Waals surface area (Å²) in [6.45, 7) is 8.55. The summed E-state index contributed by atoms with van der Waals surface area (Å²) in [6.07, 6.45) is 3.82. The van der Waals surface area contributed by atoms with Gasteiger partial charge in [-0.05, 0) is 38.1 Å². The van der Waals surface area contributed by atoms with E-state index < -0.39 is 0 Å². The Hall–Kier alpha value is -0.220. The van der Waals surface area contributed by atoms with Crippen LogP contribution >= 0.6 is 11.8 Å². The zero-order valence-electron chi connectivity index (χ0n) is 11.7. The van der Waals surface area contributed by atoms with Crippen LogP contribution in [-0.4, -0.2) is 59.4 Å². The first-order valence-corrected chi connectivity index (χ1v) is 8.44. The Labute approximate surface area is 115 Å². The third kappa shape index (κ3) is 3.64. The van der Waals surface area contributed by atoms with Crippen molar-refractivity contribution in [3.8, 4) is 0 Å². The van der Waals surface area contributed by atoms with Crippen LogP contribution in [0.2, 0.25) is 0 Å². The second-order valence-electron chi connectivity index (χ2n) is 5.78. The normalized spacial score (nSPS) is 26.6. The van der Waals surface area contributed by atoms with Crippen LogP contribution in [0.4, 0.5) is 0 Å². The monoisotopic (exact) mass is 270 g/mol. The van der Waals surface area contributed by atoms with Crippen molar-refractivity contribution in [3.05, 3.63) is 0 Å². The molecule has 104 valence electrons. The summed E-state index contributed by atoms with van der Waals surface area (Å²) < 4.78 is 0. The molecule has 0 radical (unpaired) electrons. The lowest BCUT2D eigenvalue weighted by Gasteiger charge is -2.33. The number of amides is 1. The van der Waals surface area contributed by atoms with Gasteiger partial charge in [-0.1, -0.05) is 13.8 Å². The van der Waals surface area contributed by atoms with Crippen LogP contribution in [0.3, 0.4) is 0 Å². The highest BCUT2D eigenvalue weighted by Gasteiger charge is 2.29. The van der Waals surface area contributed by atoms with Gasteiger partial charge in [-0.25, -0.2) is 0 Å². The smallest absolute Gasteiger partial charge is 0.225 e. The van der Waals surface area contributed by atoms with Crippen molar-refractivity contribution < 1.29 is 4.79 Å². The van der Waals surface area contributed by atoms with Gasteiger partial charge >= 0.3 is 0 Å². The van der Waals surface area contributed by atoms with E-state index in [0.717, 1.165) is 25.3 Å². The highest BCUT2D eigenvalue weighted by atomic mass is 32.2. The molecule has 0 aliphatic carbocycles. The molecule has 0 aromatic heterocycles. The van der Waals surface area contributed by atoms with Crippen LogP contribution < -0.4 is 0 Å². The maximum absolute atomic E-state index is 12.3. The van der Waals surface area contributed by atoms with E-state index in [9.17, 15) is 4.79 Å². The van der Waals surface area contributed by atoms with E-state index in [4.69, 9.17) is 0 Å². The van der Waals surface area contributed by atoms with E-state index in [2.05, 4.69) is 9.80 Å². The average molecular weight is 270 g/mol. The Morgan fingerprint density at radius 1 is 1.22 bits per heavy atom. The fraction of sp³-hybridized carbons (Fsp3) is 0.929. The van der Waals surface area contributed by atoms with E-state index in [1.165, 1.54) is 31.7 Å². The summed E-state index contributed by atoms with van der Waals surface area (Å²) >= 11 is 2.02. The molecule has 1 atom stereocenters. The summed E-state index contributed by atoms with van der Waals surface area (Å²) in [4.78, 5) is 17.0. The van der Waals surface area contributed by atoms with Gasteiger partial charge in [0.15, 0.2) is 0 Å². The van der Waals surface area contributed by atoms with Crippen molar-refractivity contribution in [2.75, 3.05) is 37.7 Å². The number of likely N-dealkylation sites (tertiary alicyclic amines) is 1. The Kier molecular flexibility index (Phi) is 5.37. The van der Waals surface area contributed by atoms with Crippen molar-refractivity contribution in [1.82, 2.24) is 9.80 Å². The molecule has 3 nitrogen and oxygen atoms in total. The zero-order valence-corrected chi connectivity index (χ0v) is 12.5. The van der Waals surface area contributed by atoms with Gasteiger partial charge in [0.1, 0.15) is 0 Å². The summed E-state index contributed by atoms with van der Waals surface area (Å²) in [5, 5.41) is 0. The molecule has 2 heterocycles.